The number of phenolic OH excluding ortho intramolecular Hbond substituents is 1. The van der Waals surface area contributed by atoms with E-state index in [9.17, 15) is 13.9 Å². The van der Waals surface area contributed by atoms with E-state index in [1.165, 1.54) is 30.5 Å². The van der Waals surface area contributed by atoms with E-state index >= 15 is 4.39 Å². The minimum Gasteiger partial charge on any atom is -0.508 e. The molecule has 43 heavy (non-hydrogen) atoms. The number of phenols is 1. The van der Waals surface area contributed by atoms with Crippen LogP contribution in [-0.4, -0.2) is 75.4 Å². The summed E-state index contributed by atoms with van der Waals surface area (Å²) >= 11 is 6.35. The fraction of sp³-hybridized carbons (Fsp3) is 0.406. The molecule has 7 rings (SSSR count). The minimum atomic E-state index is -0.936. The fourth-order valence-corrected chi connectivity index (χ4v) is 7.13. The van der Waals surface area contributed by atoms with Gasteiger partial charge in [0.1, 0.15) is 34.8 Å². The van der Waals surface area contributed by atoms with Crippen LogP contribution in [-0.2, 0) is 0 Å². The summed E-state index contributed by atoms with van der Waals surface area (Å²) < 4.78 is 45.5. The Bertz CT molecular complexity index is 1830. The van der Waals surface area contributed by atoms with Crippen LogP contribution in [0.1, 0.15) is 38.4 Å². The molecule has 3 fully saturated rings. The highest BCUT2D eigenvalue weighted by molar-refractivity contribution is 6.37. The highest BCUT2D eigenvalue weighted by atomic mass is 35.5. The monoisotopic (exact) mass is 606 g/mol. The molecule has 0 radical (unpaired) electrons. The van der Waals surface area contributed by atoms with Gasteiger partial charge in [-0.3, -0.25) is 9.88 Å². The van der Waals surface area contributed by atoms with E-state index in [1.54, 1.807) is 0 Å². The number of pyridine rings is 1. The normalized spacial score (nSPS) is 24.0. The Hall–Kier alpha value is -3.65. The Balaban J connectivity index is 1.43. The number of hydrogen-bond acceptors (Lipinski definition) is 7. The highest BCUT2D eigenvalue weighted by Gasteiger charge is 2.47. The number of piperazine rings is 1. The average molecular weight is 607 g/mol. The third-order valence-corrected chi connectivity index (χ3v) is 9.34. The molecule has 2 N–H and O–H groups in total. The number of nitrogens with zero attached hydrogens (tertiary/aromatic N) is 5. The lowest BCUT2D eigenvalue weighted by atomic mass is 9.94. The summed E-state index contributed by atoms with van der Waals surface area (Å²) in [6.07, 6.45) is 3.52. The Morgan fingerprint density at radius 1 is 1.19 bits per heavy atom. The Kier molecular flexibility index (Phi) is 7.07. The van der Waals surface area contributed by atoms with Gasteiger partial charge in [-0.05, 0) is 55.3 Å². The number of halogens is 4. The van der Waals surface area contributed by atoms with Gasteiger partial charge in [0.05, 0.1) is 15.9 Å². The topological polar surface area (TPSA) is 77.4 Å². The lowest BCUT2D eigenvalue weighted by molar-refractivity contribution is 0.255. The smallest absolute Gasteiger partial charge is 0.207 e. The van der Waals surface area contributed by atoms with Crippen molar-refractivity contribution in [1.29, 1.82) is 0 Å². The van der Waals surface area contributed by atoms with Crippen LogP contribution in [0.5, 0.6) is 5.75 Å². The van der Waals surface area contributed by atoms with Crippen LogP contribution in [0, 0.1) is 23.5 Å². The van der Waals surface area contributed by atoms with Gasteiger partial charge in [0.15, 0.2) is 5.82 Å². The molecule has 0 aliphatic carbocycles. The third-order valence-electron chi connectivity index (χ3n) is 8.97. The highest BCUT2D eigenvalue weighted by Crippen LogP contribution is 2.41. The first kappa shape index (κ1) is 28.1. The van der Waals surface area contributed by atoms with Crippen LogP contribution in [0.4, 0.5) is 19.0 Å². The number of aromatic nitrogens is 3. The molecule has 3 aliphatic heterocycles. The molecule has 0 amide bonds. The van der Waals surface area contributed by atoms with Gasteiger partial charge in [-0.15, -0.1) is 0 Å². The third kappa shape index (κ3) is 4.84. The fourth-order valence-electron chi connectivity index (χ4n) is 6.85. The molecular formula is C32H30ClF3N6O. The van der Waals surface area contributed by atoms with E-state index in [4.69, 9.17) is 16.6 Å². The molecule has 5 heterocycles. The van der Waals surface area contributed by atoms with Gasteiger partial charge >= 0.3 is 0 Å². The number of fused-ring (bicyclic) bond motifs is 3. The van der Waals surface area contributed by atoms with Crippen molar-refractivity contribution in [2.45, 2.75) is 50.4 Å². The van der Waals surface area contributed by atoms with Crippen molar-refractivity contribution in [2.75, 3.05) is 37.6 Å². The number of anilines is 1. The van der Waals surface area contributed by atoms with Gasteiger partial charge in [-0.1, -0.05) is 30.5 Å². The lowest BCUT2D eigenvalue weighted by Gasteiger charge is -2.34. The minimum absolute atomic E-state index is 0.00506. The van der Waals surface area contributed by atoms with E-state index in [1.807, 2.05) is 0 Å². The number of alkyl halides is 1. The average Bonchev–Trinajstić information content (AvgIpc) is 3.53. The van der Waals surface area contributed by atoms with Crippen LogP contribution in [0.3, 0.4) is 0 Å². The summed E-state index contributed by atoms with van der Waals surface area (Å²) in [5.74, 6) is 5.45. The molecule has 3 aliphatic rings. The van der Waals surface area contributed by atoms with Crippen LogP contribution in [0.25, 0.3) is 32.9 Å². The van der Waals surface area contributed by atoms with Crippen LogP contribution in [0.15, 0.2) is 30.5 Å². The van der Waals surface area contributed by atoms with Crippen molar-refractivity contribution < 1.29 is 18.3 Å². The zero-order valence-electron chi connectivity index (χ0n) is 23.6. The molecule has 4 aromatic rings. The van der Waals surface area contributed by atoms with E-state index in [2.05, 4.69) is 43.8 Å². The first-order chi connectivity index (χ1) is 20.8. The number of aromatic hydroxyl groups is 1. The molecule has 222 valence electrons. The second-order valence-corrected chi connectivity index (χ2v) is 12.0. The lowest BCUT2D eigenvalue weighted by Crippen LogP contribution is -2.50. The van der Waals surface area contributed by atoms with E-state index in [0.717, 1.165) is 32.4 Å². The van der Waals surface area contributed by atoms with Gasteiger partial charge in [0, 0.05) is 55.8 Å². The van der Waals surface area contributed by atoms with Crippen LogP contribution in [0.2, 0.25) is 5.02 Å². The Morgan fingerprint density at radius 2 is 2.05 bits per heavy atom. The predicted octanol–water partition coefficient (Wildman–Crippen LogP) is 5.60. The molecule has 0 spiro atoms. The summed E-state index contributed by atoms with van der Waals surface area (Å²) in [6.45, 7) is 5.29. The van der Waals surface area contributed by atoms with E-state index in [-0.39, 0.29) is 44.8 Å². The van der Waals surface area contributed by atoms with Gasteiger partial charge in [0.25, 0.3) is 0 Å². The molecule has 0 unspecified atom stereocenters. The largest absolute Gasteiger partial charge is 0.508 e. The number of hydrogen-bond donors (Lipinski definition) is 2. The van der Waals surface area contributed by atoms with Crippen molar-refractivity contribution in [1.82, 2.24) is 25.2 Å². The van der Waals surface area contributed by atoms with Gasteiger partial charge in [-0.2, -0.15) is 0 Å². The summed E-state index contributed by atoms with van der Waals surface area (Å²) in [4.78, 5) is 18.0. The molecule has 3 atom stereocenters. The van der Waals surface area contributed by atoms with E-state index < -0.39 is 23.3 Å². The van der Waals surface area contributed by atoms with Gasteiger partial charge in [-0.25, -0.2) is 23.1 Å². The van der Waals surface area contributed by atoms with Crippen molar-refractivity contribution >= 4 is 39.1 Å². The van der Waals surface area contributed by atoms with Crippen molar-refractivity contribution in [3.05, 3.63) is 52.9 Å². The maximum absolute atomic E-state index is 16.6. The predicted molar refractivity (Wildman–Crippen MR) is 161 cm³/mol. The quantitative estimate of drug-likeness (QED) is 0.294. The van der Waals surface area contributed by atoms with Crippen LogP contribution < -0.4 is 10.2 Å². The standard InChI is InChI=1S/C32H30ClF3N6O/c1-2-20-17-41(11-9-37-20)31-23-15-38-29(22-13-21(43)12-18-4-5-24(35)27(33)26(18)22)28(36)30(23)39-25(40-31)6-8-32-7-3-10-42(32)16-19(34)14-32/h4-5,12-13,15,19-20,37,43H,2-3,7,9-11,14,16-17H2,1H3/t19-,20+,32-/m1/s1. The second kappa shape index (κ2) is 10.8. The molecule has 3 saturated heterocycles. The first-order valence-corrected chi connectivity index (χ1v) is 15.0. The summed E-state index contributed by atoms with van der Waals surface area (Å²) in [5, 5.41) is 14.8. The molecule has 2 aromatic carbocycles. The molecule has 11 heteroatoms. The maximum atomic E-state index is 16.6. The molecular weight excluding hydrogens is 577 g/mol. The zero-order chi connectivity index (χ0) is 29.9. The van der Waals surface area contributed by atoms with Crippen molar-refractivity contribution in [2.24, 2.45) is 0 Å². The number of rotatable bonds is 3. The van der Waals surface area contributed by atoms with Gasteiger partial charge in [0.2, 0.25) is 5.82 Å². The van der Waals surface area contributed by atoms with E-state index in [0.29, 0.717) is 42.6 Å². The second-order valence-electron chi connectivity index (χ2n) is 11.6. The van der Waals surface area contributed by atoms with Crippen molar-refractivity contribution in [3.63, 3.8) is 0 Å². The maximum Gasteiger partial charge on any atom is 0.207 e. The van der Waals surface area contributed by atoms with Crippen LogP contribution >= 0.6 is 11.6 Å². The van der Waals surface area contributed by atoms with Gasteiger partial charge < -0.3 is 15.3 Å². The van der Waals surface area contributed by atoms with Crippen molar-refractivity contribution in [3.8, 4) is 28.8 Å². The first-order valence-electron chi connectivity index (χ1n) is 14.6. The zero-order valence-corrected chi connectivity index (χ0v) is 24.4. The summed E-state index contributed by atoms with van der Waals surface area (Å²) in [7, 11) is 0. The Morgan fingerprint density at radius 3 is 2.88 bits per heavy atom. The number of benzene rings is 2. The SMILES string of the molecule is CC[C@H]1CN(c2nc(C#C[C@@]34CCCN3C[C@H](F)C4)nc3c(F)c(-c4cc(O)cc5ccc(F)c(Cl)c45)ncc23)CCN1. The molecule has 0 bridgehead atoms. The Labute approximate surface area is 252 Å². The summed E-state index contributed by atoms with van der Waals surface area (Å²) in [6, 6.07) is 5.64. The molecule has 0 saturated carbocycles. The molecule has 7 nitrogen and oxygen atoms in total. The number of nitrogens with one attached hydrogen (secondary N) is 1. The summed E-state index contributed by atoms with van der Waals surface area (Å²) in [5.41, 5.74) is -0.553. The molecule has 2 aromatic heterocycles.